The fraction of sp³-hybridized carbons (Fsp3) is 0.980. The second kappa shape index (κ2) is 27.8. The number of unbranched alkanes of at least 4 members (excludes halogenated alkanes) is 24. The van der Waals surface area contributed by atoms with Crippen molar-refractivity contribution >= 4 is 6.16 Å². The molecule has 2 saturated heterocycles. The number of ether oxygens (including phenoxy) is 2. The summed E-state index contributed by atoms with van der Waals surface area (Å²) in [6.07, 6.45) is 36.9. The molecule has 0 aliphatic carbocycles. The highest BCUT2D eigenvalue weighted by atomic mass is 16.7. The molecule has 0 N–H and O–H groups in total. The minimum absolute atomic E-state index is 0.214. The molecule has 0 amide bonds. The predicted molar refractivity (Wildman–Crippen MR) is 237 cm³/mol. The molecule has 0 aromatic carbocycles. The first-order valence-corrected chi connectivity index (χ1v) is 24.4. The van der Waals surface area contributed by atoms with Gasteiger partial charge in [0.05, 0.1) is 13.2 Å². The summed E-state index contributed by atoms with van der Waals surface area (Å²) in [7, 11) is 0. The predicted octanol–water partition coefficient (Wildman–Crippen LogP) is 15.2. The van der Waals surface area contributed by atoms with Crippen molar-refractivity contribution in [2.24, 2.45) is 0 Å². The molecule has 2 aliphatic heterocycles. The average Bonchev–Trinajstić information content (AvgIpc) is 3.09. The minimum atomic E-state index is -0.541. The Morgan fingerprint density at radius 1 is 0.393 bits per heavy atom. The molecule has 0 atom stereocenters. The Bertz CT molecular complexity index is 885. The van der Waals surface area contributed by atoms with Crippen LogP contribution in [0.2, 0.25) is 0 Å². The Kier molecular flexibility index (Phi) is 25.4. The topological polar surface area (TPSA) is 60.5 Å². The molecule has 56 heavy (non-hydrogen) atoms. The number of piperidine rings is 2. The lowest BCUT2D eigenvalue weighted by Crippen LogP contribution is -2.62. The highest BCUT2D eigenvalue weighted by Crippen LogP contribution is 2.42. The number of carbonyl (C=O) groups excluding carboxylic acids is 1. The maximum atomic E-state index is 13.3. The van der Waals surface area contributed by atoms with Gasteiger partial charge >= 0.3 is 6.16 Å². The molecule has 2 rings (SSSR count). The van der Waals surface area contributed by atoms with E-state index in [0.29, 0.717) is 25.7 Å². The maximum absolute atomic E-state index is 13.3. The summed E-state index contributed by atoms with van der Waals surface area (Å²) in [6, 6.07) is 0. The quantitative estimate of drug-likeness (QED) is 0.0496. The van der Waals surface area contributed by atoms with Crippen LogP contribution in [0.15, 0.2) is 0 Å². The van der Waals surface area contributed by atoms with Gasteiger partial charge in [0.25, 0.3) is 0 Å². The smallest absolute Gasteiger partial charge is 0.431 e. The van der Waals surface area contributed by atoms with E-state index in [1.54, 1.807) is 0 Å². The van der Waals surface area contributed by atoms with E-state index in [9.17, 15) is 4.79 Å². The van der Waals surface area contributed by atoms with Crippen molar-refractivity contribution in [3.63, 3.8) is 0 Å². The normalized spacial score (nSPS) is 20.0. The minimum Gasteiger partial charge on any atom is -0.431 e. The molecule has 0 aromatic rings. The Labute approximate surface area is 348 Å². The lowest BCUT2D eigenvalue weighted by atomic mass is 9.80. The molecule has 2 aliphatic rings. The van der Waals surface area contributed by atoms with Crippen LogP contribution in [-0.4, -0.2) is 63.9 Å². The van der Waals surface area contributed by atoms with Crippen LogP contribution >= 0.6 is 0 Å². The number of hydrogen-bond acceptors (Lipinski definition) is 7. The number of hydroxylamine groups is 4. The first kappa shape index (κ1) is 51.3. The number of rotatable bonds is 32. The first-order chi connectivity index (χ1) is 26.6. The maximum Gasteiger partial charge on any atom is 0.508 e. The second-order valence-electron chi connectivity index (χ2n) is 20.5. The van der Waals surface area contributed by atoms with Crippen molar-refractivity contribution in [2.45, 2.75) is 296 Å². The monoisotopic (exact) mass is 793 g/mol. The van der Waals surface area contributed by atoms with Crippen LogP contribution in [0, 0.1) is 0 Å². The Morgan fingerprint density at radius 3 is 0.839 bits per heavy atom. The van der Waals surface area contributed by atoms with Crippen molar-refractivity contribution in [1.29, 1.82) is 0 Å². The van der Waals surface area contributed by atoms with Gasteiger partial charge in [0.15, 0.2) is 0 Å². The van der Waals surface area contributed by atoms with Crippen molar-refractivity contribution in [3.8, 4) is 0 Å². The van der Waals surface area contributed by atoms with E-state index < -0.39 is 6.16 Å². The lowest BCUT2D eigenvalue weighted by Gasteiger charge is -2.54. The average molecular weight is 793 g/mol. The zero-order valence-corrected chi connectivity index (χ0v) is 39.2. The molecule has 0 unspecified atom stereocenters. The highest BCUT2D eigenvalue weighted by molar-refractivity contribution is 5.60. The van der Waals surface area contributed by atoms with Crippen LogP contribution < -0.4 is 0 Å². The van der Waals surface area contributed by atoms with Crippen LogP contribution in [0.4, 0.5) is 4.79 Å². The molecule has 7 nitrogen and oxygen atoms in total. The summed E-state index contributed by atoms with van der Waals surface area (Å²) in [6.45, 7) is 23.7. The van der Waals surface area contributed by atoms with Crippen molar-refractivity contribution in [1.82, 2.24) is 10.1 Å². The molecule has 0 aromatic heterocycles. The summed E-state index contributed by atoms with van der Waals surface area (Å²) in [5.41, 5.74) is -1.04. The summed E-state index contributed by atoms with van der Waals surface area (Å²) in [5.74, 6) is 0. The molecule has 0 radical (unpaired) electrons. The van der Waals surface area contributed by atoms with Crippen molar-refractivity contribution < 1.29 is 23.9 Å². The third kappa shape index (κ3) is 20.9. The standard InChI is InChI=1S/C49H96N2O5/c1-11-13-15-17-19-21-23-25-27-29-31-33-35-37-53-50-46(3,4)39-43(40-47(50,5)6)55-45(52)56-44-41-48(7,8)51(49(9,10)42-44)54-38-36-34-32-30-28-26-24-22-20-18-16-14-12-2/h43-44H,11-42H2,1-10H3. The van der Waals surface area contributed by atoms with E-state index in [1.807, 2.05) is 0 Å². The van der Waals surface area contributed by atoms with Crippen molar-refractivity contribution in [3.05, 3.63) is 0 Å². The third-order valence-electron chi connectivity index (χ3n) is 12.6. The van der Waals surface area contributed by atoms with Crippen LogP contribution in [0.25, 0.3) is 0 Å². The molecule has 0 spiro atoms. The number of hydrogen-bond donors (Lipinski definition) is 0. The zero-order chi connectivity index (χ0) is 41.3. The Hall–Kier alpha value is -0.890. The highest BCUT2D eigenvalue weighted by Gasteiger charge is 2.50. The van der Waals surface area contributed by atoms with E-state index >= 15 is 0 Å². The van der Waals surface area contributed by atoms with Gasteiger partial charge in [0.2, 0.25) is 0 Å². The molecule has 0 bridgehead atoms. The number of carbonyl (C=O) groups is 1. The van der Waals surface area contributed by atoms with E-state index in [4.69, 9.17) is 19.1 Å². The van der Waals surface area contributed by atoms with Gasteiger partial charge in [-0.2, -0.15) is 10.1 Å². The van der Waals surface area contributed by atoms with Gasteiger partial charge in [-0.05, 0) is 68.2 Å². The summed E-state index contributed by atoms with van der Waals surface area (Å²) < 4.78 is 12.1. The Morgan fingerprint density at radius 2 is 0.607 bits per heavy atom. The number of nitrogens with zero attached hydrogens (tertiary/aromatic N) is 2. The van der Waals surface area contributed by atoms with Gasteiger partial charge in [0.1, 0.15) is 12.2 Å². The SMILES string of the molecule is CCCCCCCCCCCCCCCON1C(C)(C)CC(OC(=O)OC2CC(C)(C)N(OCCCCCCCCCCCCCCC)C(C)(C)C2)CC1(C)C. The van der Waals surface area contributed by atoms with E-state index in [-0.39, 0.29) is 34.4 Å². The molecule has 7 heteroatoms. The van der Waals surface area contributed by atoms with Gasteiger partial charge < -0.3 is 9.47 Å². The molecule has 2 heterocycles. The van der Waals surface area contributed by atoms with Gasteiger partial charge in [-0.1, -0.05) is 168 Å². The van der Waals surface area contributed by atoms with Gasteiger partial charge in [0, 0.05) is 47.8 Å². The van der Waals surface area contributed by atoms with E-state index in [1.165, 1.54) is 154 Å². The summed E-state index contributed by atoms with van der Waals surface area (Å²) in [5, 5.41) is 4.37. The largest absolute Gasteiger partial charge is 0.508 e. The molecule has 2 fully saturated rings. The fourth-order valence-corrected chi connectivity index (χ4v) is 10.1. The lowest BCUT2D eigenvalue weighted by molar-refractivity contribution is -0.296. The zero-order valence-electron chi connectivity index (χ0n) is 39.2. The van der Waals surface area contributed by atoms with Crippen LogP contribution in [0.1, 0.15) is 262 Å². The van der Waals surface area contributed by atoms with Crippen LogP contribution in [-0.2, 0) is 19.1 Å². The van der Waals surface area contributed by atoms with Crippen molar-refractivity contribution in [2.75, 3.05) is 13.2 Å². The fourth-order valence-electron chi connectivity index (χ4n) is 10.1. The van der Waals surface area contributed by atoms with Gasteiger partial charge in [-0.3, -0.25) is 9.68 Å². The molecular formula is C49H96N2O5. The summed E-state index contributed by atoms with van der Waals surface area (Å²) >= 11 is 0. The molecule has 332 valence electrons. The van der Waals surface area contributed by atoms with E-state index in [2.05, 4.69) is 79.4 Å². The summed E-state index contributed by atoms with van der Waals surface area (Å²) in [4.78, 5) is 26.2. The molecule has 0 saturated carbocycles. The van der Waals surface area contributed by atoms with Gasteiger partial charge in [-0.15, -0.1) is 0 Å². The second-order valence-corrected chi connectivity index (χ2v) is 20.5. The molecular weight excluding hydrogens is 697 g/mol. The van der Waals surface area contributed by atoms with Gasteiger partial charge in [-0.25, -0.2) is 4.79 Å². The van der Waals surface area contributed by atoms with Crippen LogP contribution in [0.3, 0.4) is 0 Å². The Balaban J connectivity index is 1.64. The van der Waals surface area contributed by atoms with E-state index in [0.717, 1.165) is 26.1 Å². The van der Waals surface area contributed by atoms with Crippen LogP contribution in [0.5, 0.6) is 0 Å². The first-order valence-electron chi connectivity index (χ1n) is 24.4. The third-order valence-corrected chi connectivity index (χ3v) is 12.6.